The first-order valence-electron chi connectivity index (χ1n) is 6.65. The van der Waals surface area contributed by atoms with Crippen molar-refractivity contribution in [2.24, 2.45) is 5.92 Å². The number of alkyl halides is 2. The molecular weight excluding hydrogens is 298 g/mol. The molecule has 0 bridgehead atoms. The number of hydrogen-bond donors (Lipinski definition) is 1. The summed E-state index contributed by atoms with van der Waals surface area (Å²) in [6, 6.07) is 0. The number of hydrogen-bond acceptors (Lipinski definition) is 3. The van der Waals surface area contributed by atoms with E-state index >= 15 is 0 Å². The molecule has 2 rings (SSSR count). The highest BCUT2D eigenvalue weighted by Crippen LogP contribution is 2.53. The lowest BCUT2D eigenvalue weighted by atomic mass is 9.84. The Morgan fingerprint density at radius 3 is 2.60 bits per heavy atom. The van der Waals surface area contributed by atoms with Crippen molar-refractivity contribution in [2.45, 2.75) is 56.2 Å². The average molecular weight is 318 g/mol. The number of rotatable bonds is 6. The van der Waals surface area contributed by atoms with Crippen LogP contribution in [-0.4, -0.2) is 37.9 Å². The standard InChI is InChI=1S/C13H20BCl2N2O2/c1-11(2,19)12(3,4)20-14-10-6-17-18(8-10)7-9-5-13(9,15)16/h6,8-9,19H,5,7H2,1-4H3. The molecule has 1 atom stereocenters. The lowest BCUT2D eigenvalue weighted by Gasteiger charge is -2.37. The van der Waals surface area contributed by atoms with Gasteiger partial charge in [0.1, 0.15) is 4.33 Å². The van der Waals surface area contributed by atoms with Crippen LogP contribution in [0, 0.1) is 5.92 Å². The van der Waals surface area contributed by atoms with E-state index in [9.17, 15) is 5.11 Å². The fourth-order valence-electron chi connectivity index (χ4n) is 1.59. The predicted octanol–water partition coefficient (Wildman–Crippen LogP) is 1.89. The van der Waals surface area contributed by atoms with Gasteiger partial charge >= 0.3 is 7.48 Å². The lowest BCUT2D eigenvalue weighted by Crippen LogP contribution is -2.49. The first kappa shape index (κ1) is 16.2. The third-order valence-corrected chi connectivity index (χ3v) is 4.91. The molecule has 0 spiro atoms. The third kappa shape index (κ3) is 3.70. The van der Waals surface area contributed by atoms with Crippen molar-refractivity contribution in [3.63, 3.8) is 0 Å². The molecule has 1 aromatic rings. The van der Waals surface area contributed by atoms with Crippen LogP contribution in [0.1, 0.15) is 34.1 Å². The van der Waals surface area contributed by atoms with E-state index in [1.165, 1.54) is 0 Å². The monoisotopic (exact) mass is 317 g/mol. The van der Waals surface area contributed by atoms with Crippen LogP contribution in [0.5, 0.6) is 0 Å². The molecule has 1 saturated carbocycles. The molecule has 0 saturated heterocycles. The quantitative estimate of drug-likeness (QED) is 0.644. The summed E-state index contributed by atoms with van der Waals surface area (Å²) in [5.41, 5.74) is -0.782. The van der Waals surface area contributed by atoms with Gasteiger partial charge in [0, 0.05) is 24.9 Å². The third-order valence-electron chi connectivity index (χ3n) is 3.98. The summed E-state index contributed by atoms with van der Waals surface area (Å²) in [7, 11) is 1.61. The van der Waals surface area contributed by atoms with Crippen LogP contribution in [0.2, 0.25) is 0 Å². The Hall–Kier alpha value is -0.225. The van der Waals surface area contributed by atoms with Crippen LogP contribution in [0.3, 0.4) is 0 Å². The summed E-state index contributed by atoms with van der Waals surface area (Å²) >= 11 is 12.0. The van der Waals surface area contributed by atoms with E-state index in [0.717, 1.165) is 11.9 Å². The van der Waals surface area contributed by atoms with Gasteiger partial charge in [0.05, 0.1) is 11.2 Å². The van der Waals surface area contributed by atoms with E-state index in [1.54, 1.807) is 27.5 Å². The van der Waals surface area contributed by atoms with Gasteiger partial charge in [-0.3, -0.25) is 4.68 Å². The summed E-state index contributed by atoms with van der Waals surface area (Å²) in [4.78, 5) is 0. The highest BCUT2D eigenvalue weighted by atomic mass is 35.5. The van der Waals surface area contributed by atoms with Crippen molar-refractivity contribution in [1.29, 1.82) is 0 Å². The zero-order chi connectivity index (χ0) is 15.2. The largest absolute Gasteiger partial charge is 0.427 e. The van der Waals surface area contributed by atoms with Crippen molar-refractivity contribution in [1.82, 2.24) is 9.78 Å². The van der Waals surface area contributed by atoms with Crippen molar-refractivity contribution in [3.8, 4) is 0 Å². The van der Waals surface area contributed by atoms with Crippen molar-refractivity contribution < 1.29 is 9.76 Å². The fourth-order valence-corrected chi connectivity index (χ4v) is 2.10. The maximum absolute atomic E-state index is 10.0. The maximum Gasteiger partial charge on any atom is 0.334 e. The molecule has 1 unspecified atom stereocenters. The molecular formula is C13H20BCl2N2O2. The first-order chi connectivity index (χ1) is 9.01. The van der Waals surface area contributed by atoms with Gasteiger partial charge < -0.3 is 9.76 Å². The first-order valence-corrected chi connectivity index (χ1v) is 7.40. The normalized spacial score (nSPS) is 21.9. The van der Waals surface area contributed by atoms with Crippen molar-refractivity contribution in [3.05, 3.63) is 12.4 Å². The molecule has 1 heterocycles. The summed E-state index contributed by atoms with van der Waals surface area (Å²) in [6.07, 6.45) is 4.40. The maximum atomic E-state index is 10.0. The van der Waals surface area contributed by atoms with Crippen LogP contribution in [0.4, 0.5) is 0 Å². The summed E-state index contributed by atoms with van der Waals surface area (Å²) in [5.74, 6) is 0.257. The molecule has 1 fully saturated rings. The second kappa shape index (κ2) is 5.20. The van der Waals surface area contributed by atoms with Gasteiger partial charge in [-0.25, -0.2) is 0 Å². The van der Waals surface area contributed by atoms with Crippen LogP contribution >= 0.6 is 23.2 Å². The number of aromatic nitrogens is 2. The van der Waals surface area contributed by atoms with Gasteiger partial charge in [0.25, 0.3) is 0 Å². The van der Waals surface area contributed by atoms with Gasteiger partial charge in [-0.05, 0) is 39.6 Å². The highest BCUT2D eigenvalue weighted by molar-refractivity contribution is 6.50. The Bertz CT molecular complexity index is 483. The number of halogens is 2. The average Bonchev–Trinajstić information content (AvgIpc) is 2.72. The van der Waals surface area contributed by atoms with Crippen LogP contribution < -0.4 is 5.46 Å². The highest BCUT2D eigenvalue weighted by Gasteiger charge is 2.51. The molecule has 1 aromatic heterocycles. The molecule has 111 valence electrons. The Labute approximate surface area is 130 Å². The van der Waals surface area contributed by atoms with E-state index in [2.05, 4.69) is 5.10 Å². The van der Waals surface area contributed by atoms with Crippen LogP contribution in [0.25, 0.3) is 0 Å². The van der Waals surface area contributed by atoms with E-state index < -0.39 is 15.5 Å². The van der Waals surface area contributed by atoms with Crippen LogP contribution in [0.15, 0.2) is 12.4 Å². The van der Waals surface area contributed by atoms with Gasteiger partial charge in [-0.15, -0.1) is 23.2 Å². The van der Waals surface area contributed by atoms with Gasteiger partial charge in [-0.2, -0.15) is 5.10 Å². The summed E-state index contributed by atoms with van der Waals surface area (Å²) in [5, 5.41) is 14.3. The smallest absolute Gasteiger partial charge is 0.334 e. The summed E-state index contributed by atoms with van der Waals surface area (Å²) < 4.78 is 6.90. The second-order valence-electron chi connectivity index (χ2n) is 6.46. The molecule has 0 aromatic carbocycles. The Morgan fingerprint density at radius 2 is 2.10 bits per heavy atom. The van der Waals surface area contributed by atoms with E-state index in [1.807, 2.05) is 24.7 Å². The second-order valence-corrected chi connectivity index (χ2v) is 8.01. The SMILES string of the molecule is CC(C)(O)C(C)(C)O[B]c1cnn(CC2CC2(Cl)Cl)c1. The van der Waals surface area contributed by atoms with Crippen molar-refractivity contribution in [2.75, 3.05) is 0 Å². The molecule has 0 amide bonds. The molecule has 1 N–H and O–H groups in total. The zero-order valence-electron chi connectivity index (χ0n) is 12.2. The molecule has 0 aliphatic heterocycles. The predicted molar refractivity (Wildman–Crippen MR) is 81.6 cm³/mol. The Balaban J connectivity index is 1.87. The van der Waals surface area contributed by atoms with Gasteiger partial charge in [0.2, 0.25) is 0 Å². The minimum absolute atomic E-state index is 0.257. The van der Waals surface area contributed by atoms with Gasteiger partial charge in [0.15, 0.2) is 0 Å². The zero-order valence-corrected chi connectivity index (χ0v) is 13.7. The minimum Gasteiger partial charge on any atom is -0.427 e. The lowest BCUT2D eigenvalue weighted by molar-refractivity contribution is -0.0893. The molecule has 4 nitrogen and oxygen atoms in total. The van der Waals surface area contributed by atoms with Crippen LogP contribution in [-0.2, 0) is 11.2 Å². The van der Waals surface area contributed by atoms with Crippen molar-refractivity contribution >= 4 is 36.1 Å². The molecule has 1 aliphatic rings. The van der Waals surface area contributed by atoms with E-state index in [4.69, 9.17) is 27.9 Å². The minimum atomic E-state index is -0.940. The van der Waals surface area contributed by atoms with E-state index in [0.29, 0.717) is 6.54 Å². The Kier molecular flexibility index (Phi) is 4.20. The topological polar surface area (TPSA) is 47.3 Å². The van der Waals surface area contributed by atoms with Gasteiger partial charge in [-0.1, -0.05) is 0 Å². The molecule has 7 heteroatoms. The van der Waals surface area contributed by atoms with E-state index in [-0.39, 0.29) is 5.92 Å². The molecule has 1 radical (unpaired) electrons. The summed E-state index contributed by atoms with van der Waals surface area (Å²) in [6.45, 7) is 7.83. The number of aliphatic hydroxyl groups is 1. The Morgan fingerprint density at radius 1 is 1.50 bits per heavy atom. The molecule has 20 heavy (non-hydrogen) atoms. The fraction of sp³-hybridized carbons (Fsp3) is 0.769. The molecule has 1 aliphatic carbocycles. The number of nitrogens with zero attached hydrogens (tertiary/aromatic N) is 2.